The average Bonchev–Trinajstić information content (AvgIpc) is 2.45. The van der Waals surface area contributed by atoms with Crippen molar-refractivity contribution < 1.29 is 4.74 Å². The molecule has 0 spiro atoms. The number of guanidine groups is 1. The van der Waals surface area contributed by atoms with Crippen LogP contribution < -0.4 is 16.2 Å². The van der Waals surface area contributed by atoms with Gasteiger partial charge in [0, 0.05) is 5.02 Å². The van der Waals surface area contributed by atoms with Gasteiger partial charge in [-0.05, 0) is 35.4 Å². The Labute approximate surface area is 127 Å². The zero-order chi connectivity index (χ0) is 15.1. The fourth-order valence-electron chi connectivity index (χ4n) is 1.64. The van der Waals surface area contributed by atoms with E-state index in [9.17, 15) is 0 Å². The van der Waals surface area contributed by atoms with Crippen molar-refractivity contribution in [1.29, 1.82) is 0 Å². The number of hydrogen-bond acceptors (Lipinski definition) is 3. The summed E-state index contributed by atoms with van der Waals surface area (Å²) in [5, 5.41) is 7.98. The van der Waals surface area contributed by atoms with Crippen LogP contribution in [0.4, 0.5) is 0 Å². The second-order valence-corrected chi connectivity index (χ2v) is 4.70. The summed E-state index contributed by atoms with van der Waals surface area (Å²) in [6.45, 7) is 0.440. The lowest BCUT2D eigenvalue weighted by molar-refractivity contribution is 0.306. The van der Waals surface area contributed by atoms with Crippen LogP contribution in [-0.4, -0.2) is 12.2 Å². The Balaban J connectivity index is 2.01. The zero-order valence-electron chi connectivity index (χ0n) is 11.2. The molecule has 0 amide bonds. The molecule has 2 aromatic carbocycles. The quantitative estimate of drug-likeness (QED) is 0.505. The van der Waals surface area contributed by atoms with E-state index in [2.05, 4.69) is 10.2 Å². The molecule has 4 N–H and O–H groups in total. The predicted octanol–water partition coefficient (Wildman–Crippen LogP) is 2.53. The van der Waals surface area contributed by atoms with E-state index in [-0.39, 0.29) is 5.96 Å². The lowest BCUT2D eigenvalue weighted by Crippen LogP contribution is -2.21. The Bertz CT molecular complexity index is 666. The van der Waals surface area contributed by atoms with Gasteiger partial charge in [-0.25, -0.2) is 0 Å². The van der Waals surface area contributed by atoms with Crippen molar-refractivity contribution in [2.75, 3.05) is 0 Å². The third kappa shape index (κ3) is 5.16. The van der Waals surface area contributed by atoms with Crippen LogP contribution in [0.25, 0.3) is 0 Å². The summed E-state index contributed by atoms with van der Waals surface area (Å²) in [6.07, 6.45) is 1.55. The molecule has 0 atom stereocenters. The highest BCUT2D eigenvalue weighted by Gasteiger charge is 1.98. The lowest BCUT2D eigenvalue weighted by Gasteiger charge is -2.07. The second kappa shape index (κ2) is 7.31. The lowest BCUT2D eigenvalue weighted by atomic mass is 10.2. The Morgan fingerprint density at radius 3 is 2.71 bits per heavy atom. The normalized spacial score (nSPS) is 10.5. The van der Waals surface area contributed by atoms with Crippen molar-refractivity contribution in [2.24, 2.45) is 21.7 Å². The first-order chi connectivity index (χ1) is 10.1. The number of rotatable bonds is 5. The molecule has 0 aliphatic rings. The van der Waals surface area contributed by atoms with Gasteiger partial charge in [0.15, 0.2) is 0 Å². The van der Waals surface area contributed by atoms with Crippen LogP contribution in [0.15, 0.2) is 58.7 Å². The van der Waals surface area contributed by atoms with E-state index in [1.54, 1.807) is 6.21 Å². The Morgan fingerprint density at radius 2 is 1.95 bits per heavy atom. The number of ether oxygens (including phenoxy) is 1. The summed E-state index contributed by atoms with van der Waals surface area (Å²) in [6, 6.07) is 15.0. The SMILES string of the molecule is NC(N)=N/N=C\c1cccc(OCc2cccc(Cl)c2)c1. The molecule has 0 fully saturated rings. The van der Waals surface area contributed by atoms with Crippen LogP contribution in [0.2, 0.25) is 5.02 Å². The summed E-state index contributed by atoms with van der Waals surface area (Å²) in [7, 11) is 0. The monoisotopic (exact) mass is 302 g/mol. The molecule has 21 heavy (non-hydrogen) atoms. The van der Waals surface area contributed by atoms with Crippen molar-refractivity contribution in [3.63, 3.8) is 0 Å². The maximum atomic E-state index is 5.93. The molecule has 0 saturated heterocycles. The van der Waals surface area contributed by atoms with Gasteiger partial charge in [0.2, 0.25) is 5.96 Å². The third-order valence-electron chi connectivity index (χ3n) is 2.53. The summed E-state index contributed by atoms with van der Waals surface area (Å²) in [4.78, 5) is 0. The van der Waals surface area contributed by atoms with Crippen LogP contribution in [0.3, 0.4) is 0 Å². The van der Waals surface area contributed by atoms with Gasteiger partial charge in [0.05, 0.1) is 6.21 Å². The highest BCUT2D eigenvalue weighted by atomic mass is 35.5. The first-order valence-corrected chi connectivity index (χ1v) is 6.60. The molecule has 0 radical (unpaired) electrons. The van der Waals surface area contributed by atoms with Crippen molar-refractivity contribution in [3.05, 3.63) is 64.7 Å². The van der Waals surface area contributed by atoms with Crippen molar-refractivity contribution in [1.82, 2.24) is 0 Å². The molecular weight excluding hydrogens is 288 g/mol. The first kappa shape index (κ1) is 14.9. The fraction of sp³-hybridized carbons (Fsp3) is 0.0667. The Hall–Kier alpha value is -2.53. The molecule has 0 unspecified atom stereocenters. The van der Waals surface area contributed by atoms with Crippen LogP contribution in [0, 0.1) is 0 Å². The Kier molecular flexibility index (Phi) is 5.17. The van der Waals surface area contributed by atoms with Crippen LogP contribution in [0.1, 0.15) is 11.1 Å². The van der Waals surface area contributed by atoms with E-state index in [0.29, 0.717) is 11.6 Å². The van der Waals surface area contributed by atoms with Crippen LogP contribution in [0.5, 0.6) is 5.75 Å². The predicted molar refractivity (Wildman–Crippen MR) is 85.6 cm³/mol. The molecule has 0 aliphatic heterocycles. The molecular formula is C15H15ClN4O. The van der Waals surface area contributed by atoms with E-state index in [1.807, 2.05) is 48.5 Å². The van der Waals surface area contributed by atoms with Crippen LogP contribution in [-0.2, 0) is 6.61 Å². The van der Waals surface area contributed by atoms with Gasteiger partial charge in [0.25, 0.3) is 0 Å². The molecule has 0 aromatic heterocycles. The molecule has 0 heterocycles. The number of hydrogen-bond donors (Lipinski definition) is 2. The molecule has 2 aromatic rings. The Morgan fingerprint density at radius 1 is 1.14 bits per heavy atom. The fourth-order valence-corrected chi connectivity index (χ4v) is 1.85. The molecule has 0 bridgehead atoms. The number of nitrogens with two attached hydrogens (primary N) is 2. The van der Waals surface area contributed by atoms with Gasteiger partial charge in [0.1, 0.15) is 12.4 Å². The van der Waals surface area contributed by atoms with E-state index >= 15 is 0 Å². The minimum Gasteiger partial charge on any atom is -0.489 e. The van der Waals surface area contributed by atoms with E-state index in [1.165, 1.54) is 0 Å². The zero-order valence-corrected chi connectivity index (χ0v) is 12.0. The van der Waals surface area contributed by atoms with E-state index in [4.69, 9.17) is 27.8 Å². The molecule has 6 heteroatoms. The molecule has 108 valence electrons. The van der Waals surface area contributed by atoms with Gasteiger partial charge >= 0.3 is 0 Å². The van der Waals surface area contributed by atoms with Gasteiger partial charge in [-0.15, -0.1) is 5.10 Å². The van der Waals surface area contributed by atoms with Crippen LogP contribution >= 0.6 is 11.6 Å². The maximum absolute atomic E-state index is 5.93. The largest absolute Gasteiger partial charge is 0.489 e. The van der Waals surface area contributed by atoms with E-state index in [0.717, 1.165) is 16.9 Å². The second-order valence-electron chi connectivity index (χ2n) is 4.26. The number of halogens is 1. The van der Waals surface area contributed by atoms with Gasteiger partial charge in [-0.2, -0.15) is 5.10 Å². The smallest absolute Gasteiger partial charge is 0.211 e. The highest BCUT2D eigenvalue weighted by Crippen LogP contribution is 2.16. The minimum atomic E-state index is -0.0837. The number of benzene rings is 2. The summed E-state index contributed by atoms with van der Waals surface area (Å²) in [5.41, 5.74) is 12.2. The average molecular weight is 303 g/mol. The maximum Gasteiger partial charge on any atom is 0.211 e. The standard InChI is InChI=1S/C15H15ClN4O/c16-13-5-1-4-12(7-13)10-21-14-6-2-3-11(8-14)9-19-20-15(17)18/h1-9H,10H2,(H4,17,18,20)/b19-9-. The molecule has 5 nitrogen and oxygen atoms in total. The van der Waals surface area contributed by atoms with Crippen molar-refractivity contribution in [2.45, 2.75) is 6.61 Å². The first-order valence-electron chi connectivity index (χ1n) is 6.23. The van der Waals surface area contributed by atoms with E-state index < -0.39 is 0 Å². The minimum absolute atomic E-state index is 0.0837. The topological polar surface area (TPSA) is 86.0 Å². The van der Waals surface area contributed by atoms with Gasteiger partial charge in [-0.3, -0.25) is 0 Å². The number of nitrogens with zero attached hydrogens (tertiary/aromatic N) is 2. The summed E-state index contributed by atoms with van der Waals surface area (Å²) < 4.78 is 5.71. The summed E-state index contributed by atoms with van der Waals surface area (Å²) >= 11 is 5.93. The molecule has 0 saturated carbocycles. The van der Waals surface area contributed by atoms with Gasteiger partial charge < -0.3 is 16.2 Å². The molecule has 2 rings (SSSR count). The van der Waals surface area contributed by atoms with Crippen molar-refractivity contribution >= 4 is 23.8 Å². The summed E-state index contributed by atoms with van der Waals surface area (Å²) in [5.74, 6) is 0.642. The van der Waals surface area contributed by atoms with Crippen molar-refractivity contribution in [3.8, 4) is 5.75 Å². The highest BCUT2D eigenvalue weighted by molar-refractivity contribution is 6.30. The van der Waals surface area contributed by atoms with Gasteiger partial charge in [-0.1, -0.05) is 35.9 Å². The third-order valence-corrected chi connectivity index (χ3v) is 2.77. The molecule has 0 aliphatic carbocycles.